The van der Waals surface area contributed by atoms with Crippen LogP contribution in [0.15, 0.2) is 36.4 Å². The second-order valence-electron chi connectivity index (χ2n) is 4.78. The number of hydrogen-bond acceptors (Lipinski definition) is 6. The predicted octanol–water partition coefficient (Wildman–Crippen LogP) is -0.525. The standard InChI is InChI=1S/C16H10O8.Cu/c17-13(18)9-1-7(2-10(5-9)14(19)20)8-3-11(15(21)22)6-12(4-8)16(23)24;/h1-6H,(H,17,18)(H,19,20)(H,21,22)(H,23,24);/q;+2/p-2. The Labute approximate surface area is 150 Å². The second-order valence-corrected chi connectivity index (χ2v) is 4.78. The van der Waals surface area contributed by atoms with Gasteiger partial charge in [0.15, 0.2) is 0 Å². The number of benzene rings is 2. The first-order chi connectivity index (χ1) is 11.2. The van der Waals surface area contributed by atoms with E-state index in [-0.39, 0.29) is 39.3 Å². The van der Waals surface area contributed by atoms with Crippen LogP contribution in [0.2, 0.25) is 0 Å². The van der Waals surface area contributed by atoms with Crippen LogP contribution in [-0.2, 0) is 17.1 Å². The Bertz CT molecular complexity index is 750. The molecule has 0 heterocycles. The summed E-state index contributed by atoms with van der Waals surface area (Å²) in [6.07, 6.45) is 0. The first-order valence-corrected chi connectivity index (χ1v) is 6.39. The van der Waals surface area contributed by atoms with Crippen LogP contribution >= 0.6 is 0 Å². The normalized spacial score (nSPS) is 9.76. The molecule has 0 aliphatic heterocycles. The van der Waals surface area contributed by atoms with Crippen LogP contribution in [0.1, 0.15) is 41.4 Å². The summed E-state index contributed by atoms with van der Waals surface area (Å²) in [5.74, 6) is -6.08. The van der Waals surface area contributed by atoms with Gasteiger partial charge in [-0.25, -0.2) is 9.59 Å². The smallest absolute Gasteiger partial charge is 0.545 e. The second kappa shape index (κ2) is 7.61. The van der Waals surface area contributed by atoms with E-state index in [0.29, 0.717) is 0 Å². The molecular weight excluding hydrogens is 384 g/mol. The van der Waals surface area contributed by atoms with Crippen molar-refractivity contribution in [2.75, 3.05) is 0 Å². The maximum atomic E-state index is 11.1. The number of aromatic carboxylic acids is 4. The largest absolute Gasteiger partial charge is 2.00 e. The van der Waals surface area contributed by atoms with Crippen molar-refractivity contribution in [2.24, 2.45) is 0 Å². The van der Waals surface area contributed by atoms with Crippen molar-refractivity contribution < 1.29 is 56.7 Å². The molecule has 0 saturated heterocycles. The Morgan fingerprint density at radius 3 is 1.16 bits per heavy atom. The van der Waals surface area contributed by atoms with Crippen molar-refractivity contribution in [3.05, 3.63) is 58.7 Å². The van der Waals surface area contributed by atoms with Crippen molar-refractivity contribution in [3.63, 3.8) is 0 Å². The zero-order valence-electron chi connectivity index (χ0n) is 12.1. The monoisotopic (exact) mass is 391 g/mol. The van der Waals surface area contributed by atoms with Gasteiger partial charge in [0.25, 0.3) is 0 Å². The van der Waals surface area contributed by atoms with E-state index in [0.717, 1.165) is 36.4 Å². The average Bonchev–Trinajstić information content (AvgIpc) is 2.53. The van der Waals surface area contributed by atoms with Gasteiger partial charge in [0.1, 0.15) is 0 Å². The fraction of sp³-hybridized carbons (Fsp3) is 0. The number of carboxylic acids is 4. The molecule has 0 unspecified atom stereocenters. The molecule has 0 aliphatic carbocycles. The quantitative estimate of drug-likeness (QED) is 0.644. The number of carbonyl (C=O) groups is 4. The molecule has 2 rings (SSSR count). The molecule has 131 valence electrons. The summed E-state index contributed by atoms with van der Waals surface area (Å²) in [5.41, 5.74) is -1.61. The summed E-state index contributed by atoms with van der Waals surface area (Å²) in [6, 6.07) is 6.05. The molecular formula is C16H8CuO8. The minimum atomic E-state index is -1.65. The van der Waals surface area contributed by atoms with E-state index < -0.39 is 35.0 Å². The Balaban J connectivity index is 0.00000312. The first-order valence-electron chi connectivity index (χ1n) is 6.39. The molecule has 0 bridgehead atoms. The summed E-state index contributed by atoms with van der Waals surface area (Å²) >= 11 is 0. The van der Waals surface area contributed by atoms with Crippen molar-refractivity contribution in [3.8, 4) is 11.1 Å². The van der Waals surface area contributed by atoms with Gasteiger partial charge in [-0.1, -0.05) is 0 Å². The van der Waals surface area contributed by atoms with Crippen LogP contribution < -0.4 is 10.2 Å². The summed E-state index contributed by atoms with van der Waals surface area (Å²) in [7, 11) is 0. The molecule has 0 fully saturated rings. The van der Waals surface area contributed by atoms with Crippen molar-refractivity contribution in [1.82, 2.24) is 0 Å². The zero-order chi connectivity index (χ0) is 18.0. The van der Waals surface area contributed by atoms with Gasteiger partial charge >= 0.3 is 29.0 Å². The van der Waals surface area contributed by atoms with Gasteiger partial charge in [-0.05, 0) is 58.7 Å². The molecule has 0 saturated carbocycles. The van der Waals surface area contributed by atoms with Gasteiger partial charge in [-0.3, -0.25) is 0 Å². The fourth-order valence-electron chi connectivity index (χ4n) is 2.07. The van der Waals surface area contributed by atoms with Crippen molar-refractivity contribution >= 4 is 23.9 Å². The molecule has 25 heavy (non-hydrogen) atoms. The summed E-state index contributed by atoms with van der Waals surface area (Å²) in [5, 5.41) is 40.1. The number of carboxylic acid groups (broad SMARTS) is 4. The average molecular weight is 392 g/mol. The molecule has 0 aromatic heterocycles. The van der Waals surface area contributed by atoms with Crippen LogP contribution in [0.25, 0.3) is 11.1 Å². The van der Waals surface area contributed by atoms with Crippen LogP contribution in [0.3, 0.4) is 0 Å². The van der Waals surface area contributed by atoms with E-state index in [2.05, 4.69) is 0 Å². The van der Waals surface area contributed by atoms with Gasteiger partial charge in [-0.2, -0.15) is 0 Å². The SMILES string of the molecule is O=C([O-])c1cc(C(=O)[O-])cc(-c2cc(C(=O)O)cc(C(=O)O)c2)c1.[Cu+2]. The Kier molecular flexibility index (Phi) is 6.05. The molecule has 9 heteroatoms. The maximum absolute atomic E-state index is 11.1. The third-order valence-electron chi connectivity index (χ3n) is 3.16. The molecule has 0 aliphatic rings. The molecule has 2 aromatic rings. The van der Waals surface area contributed by atoms with Crippen LogP contribution in [-0.4, -0.2) is 34.1 Å². The van der Waals surface area contributed by atoms with Crippen LogP contribution in [0, 0.1) is 0 Å². The Morgan fingerprint density at radius 2 is 0.880 bits per heavy atom. The van der Waals surface area contributed by atoms with E-state index in [4.69, 9.17) is 10.2 Å². The van der Waals surface area contributed by atoms with Gasteiger partial charge in [0.2, 0.25) is 0 Å². The minimum Gasteiger partial charge on any atom is -0.545 e. The maximum Gasteiger partial charge on any atom is 2.00 e. The molecule has 0 spiro atoms. The Morgan fingerprint density at radius 1 is 0.600 bits per heavy atom. The molecule has 0 amide bonds. The summed E-state index contributed by atoms with van der Waals surface area (Å²) < 4.78 is 0. The predicted molar refractivity (Wildman–Crippen MR) is 74.5 cm³/mol. The molecule has 8 nitrogen and oxygen atoms in total. The van der Waals surface area contributed by atoms with Crippen LogP contribution in [0.5, 0.6) is 0 Å². The van der Waals surface area contributed by atoms with E-state index >= 15 is 0 Å². The number of rotatable bonds is 5. The van der Waals surface area contributed by atoms with Crippen molar-refractivity contribution in [2.45, 2.75) is 0 Å². The van der Waals surface area contributed by atoms with Crippen molar-refractivity contribution in [1.29, 1.82) is 0 Å². The molecule has 1 radical (unpaired) electrons. The van der Waals surface area contributed by atoms with E-state index in [1.165, 1.54) is 0 Å². The zero-order valence-corrected chi connectivity index (χ0v) is 13.1. The van der Waals surface area contributed by atoms with E-state index in [1.54, 1.807) is 0 Å². The number of hydrogen-bond donors (Lipinski definition) is 2. The molecule has 2 aromatic carbocycles. The summed E-state index contributed by atoms with van der Waals surface area (Å²) in [4.78, 5) is 44.2. The van der Waals surface area contributed by atoms with Gasteiger partial charge in [-0.15, -0.1) is 0 Å². The Hall–Kier alpha value is -3.16. The fourth-order valence-corrected chi connectivity index (χ4v) is 2.07. The van der Waals surface area contributed by atoms with E-state index in [9.17, 15) is 29.4 Å². The van der Waals surface area contributed by atoms with Crippen LogP contribution in [0.4, 0.5) is 0 Å². The molecule has 0 atom stereocenters. The minimum absolute atomic E-state index is 0. The van der Waals surface area contributed by atoms with Gasteiger partial charge in [0, 0.05) is 0 Å². The third-order valence-corrected chi connectivity index (χ3v) is 3.16. The van der Waals surface area contributed by atoms with E-state index in [1.807, 2.05) is 0 Å². The topological polar surface area (TPSA) is 155 Å². The first kappa shape index (κ1) is 19.9. The third kappa shape index (κ3) is 4.43. The summed E-state index contributed by atoms with van der Waals surface area (Å²) in [6.45, 7) is 0. The van der Waals surface area contributed by atoms with Gasteiger partial charge in [0.05, 0.1) is 23.1 Å². The molecule has 2 N–H and O–H groups in total. The number of carbonyl (C=O) groups excluding carboxylic acids is 2. The van der Waals surface area contributed by atoms with Gasteiger partial charge < -0.3 is 30.0 Å².